The molecule has 1 fully saturated rings. The fourth-order valence-corrected chi connectivity index (χ4v) is 7.19. The van der Waals surface area contributed by atoms with E-state index in [1.54, 1.807) is 10.9 Å². The molecule has 4 atom stereocenters. The van der Waals surface area contributed by atoms with Crippen LogP contribution in [0.4, 0.5) is 16.6 Å². The second-order valence-electron chi connectivity index (χ2n) is 13.7. The largest absolute Gasteiger partial charge is 0.484 e. The molecule has 1 aliphatic heterocycles. The Morgan fingerprint density at radius 3 is 2.52 bits per heavy atom. The molecule has 0 spiro atoms. The molecule has 7 rings (SSSR count). The normalized spacial score (nSPS) is 19.8. The van der Waals surface area contributed by atoms with Crippen LogP contribution in [0.15, 0.2) is 61.1 Å². The monoisotopic (exact) mass is 711 g/mol. The third-order valence-electron chi connectivity index (χ3n) is 9.81. The molecule has 4 aromatic heterocycles. The van der Waals surface area contributed by atoms with E-state index in [0.29, 0.717) is 17.9 Å². The van der Waals surface area contributed by atoms with Gasteiger partial charge >= 0.3 is 6.03 Å². The molecule has 52 heavy (non-hydrogen) atoms. The van der Waals surface area contributed by atoms with Gasteiger partial charge in [-0.25, -0.2) is 9.48 Å². The van der Waals surface area contributed by atoms with Crippen molar-refractivity contribution in [3.8, 4) is 11.4 Å². The quantitative estimate of drug-likeness (QED) is 0.158. The first-order valence-corrected chi connectivity index (χ1v) is 18.0. The highest BCUT2D eigenvalue weighted by molar-refractivity contribution is 5.89. The number of anilines is 2. The van der Waals surface area contributed by atoms with Gasteiger partial charge in [0, 0.05) is 24.7 Å². The standard InChI is InChI=1S/C36H47N11O2.CH2O2/c1-6-26-20-34(47(42-26)27-21-37-44(22-27)19-18-43(4)5)39-35(48)38-31-15-16-32(30-13-8-7-12-29(30)31)49-28-14-17-33-40-41-36(45(33)23-28)46-24(2)10-9-11-25(46)3;2-1-3/h7-8,12-14,17,20-25,31-32H,6,9-11,15-16,18-19H2,1-5H3,(H2,38,39,48);1H,(H,2,3)/t24-,25+,31-,32+;/m0./s1. The average Bonchev–Trinajstić information content (AvgIpc) is 3.87. The molecule has 0 unspecified atom stereocenters. The topological polar surface area (TPSA) is 160 Å². The van der Waals surface area contributed by atoms with Gasteiger partial charge in [0.1, 0.15) is 23.4 Å². The van der Waals surface area contributed by atoms with Crippen LogP contribution in [-0.4, -0.2) is 89.4 Å². The molecule has 0 bridgehead atoms. The Balaban J connectivity index is 0.00000150. The first-order chi connectivity index (χ1) is 25.2. The zero-order valence-corrected chi connectivity index (χ0v) is 30.5. The highest BCUT2D eigenvalue weighted by atomic mass is 16.5. The van der Waals surface area contributed by atoms with Crippen LogP contribution >= 0.6 is 0 Å². The minimum atomic E-state index is -0.283. The number of nitrogens with one attached hydrogen (secondary N) is 2. The summed E-state index contributed by atoms with van der Waals surface area (Å²) in [5.41, 5.74) is 4.62. The van der Waals surface area contributed by atoms with Crippen molar-refractivity contribution in [2.75, 3.05) is 30.9 Å². The van der Waals surface area contributed by atoms with E-state index in [4.69, 9.17) is 19.7 Å². The van der Waals surface area contributed by atoms with E-state index in [1.165, 1.54) is 6.42 Å². The van der Waals surface area contributed by atoms with E-state index in [-0.39, 0.29) is 24.6 Å². The number of benzene rings is 1. The van der Waals surface area contributed by atoms with Gasteiger partial charge in [-0.15, -0.1) is 10.2 Å². The number of carbonyl (C=O) groups excluding carboxylic acids is 1. The fraction of sp³-hybridized carbons (Fsp3) is 0.459. The van der Waals surface area contributed by atoms with E-state index >= 15 is 0 Å². The lowest BCUT2D eigenvalue weighted by molar-refractivity contribution is -0.122. The number of likely N-dealkylation sites (N-methyl/N-ethyl adjacent to an activating group) is 1. The summed E-state index contributed by atoms with van der Waals surface area (Å²) < 4.78 is 12.4. The van der Waals surface area contributed by atoms with Crippen molar-refractivity contribution in [2.24, 2.45) is 0 Å². The van der Waals surface area contributed by atoms with Crippen molar-refractivity contribution < 1.29 is 19.4 Å². The van der Waals surface area contributed by atoms with Crippen LogP contribution in [0.25, 0.3) is 11.3 Å². The molecule has 2 amide bonds. The lowest BCUT2D eigenvalue weighted by atomic mass is 9.85. The van der Waals surface area contributed by atoms with Crippen molar-refractivity contribution >= 4 is 29.9 Å². The Kier molecular flexibility index (Phi) is 11.4. The summed E-state index contributed by atoms with van der Waals surface area (Å²) in [6.07, 6.45) is 11.3. The number of ether oxygens (including phenoxy) is 1. The first-order valence-electron chi connectivity index (χ1n) is 18.0. The number of nitrogens with zero attached hydrogens (tertiary/aromatic N) is 9. The number of hydrogen-bond donors (Lipinski definition) is 3. The number of hydrogen-bond acceptors (Lipinski definition) is 9. The van der Waals surface area contributed by atoms with Crippen LogP contribution in [0.5, 0.6) is 5.75 Å². The zero-order chi connectivity index (χ0) is 36.8. The molecule has 1 aliphatic carbocycles. The van der Waals surface area contributed by atoms with Gasteiger partial charge in [0.2, 0.25) is 5.95 Å². The zero-order valence-electron chi connectivity index (χ0n) is 30.5. The van der Waals surface area contributed by atoms with E-state index in [1.807, 2.05) is 68.4 Å². The highest BCUT2D eigenvalue weighted by Gasteiger charge is 2.31. The number of carbonyl (C=O) groups is 2. The summed E-state index contributed by atoms with van der Waals surface area (Å²) in [5.74, 6) is 2.23. The number of aromatic nitrogens is 7. The van der Waals surface area contributed by atoms with Crippen LogP contribution in [0.3, 0.4) is 0 Å². The Bertz CT molecular complexity index is 1960. The molecular formula is C37H49N11O4. The average molecular weight is 712 g/mol. The summed E-state index contributed by atoms with van der Waals surface area (Å²) in [5, 5.41) is 31.4. The Labute approximate surface area is 303 Å². The van der Waals surface area contributed by atoms with E-state index in [2.05, 4.69) is 66.1 Å². The second-order valence-corrected chi connectivity index (χ2v) is 13.7. The summed E-state index contributed by atoms with van der Waals surface area (Å²) in [7, 11) is 4.07. The number of fused-ring (bicyclic) bond motifs is 2. The summed E-state index contributed by atoms with van der Waals surface area (Å²) >= 11 is 0. The third kappa shape index (κ3) is 8.04. The Hall–Kier alpha value is -5.44. The molecule has 2 aliphatic rings. The molecule has 276 valence electrons. The van der Waals surface area contributed by atoms with Crippen LogP contribution in [0.1, 0.15) is 81.8 Å². The maximum Gasteiger partial charge on any atom is 0.320 e. The Morgan fingerprint density at radius 1 is 1.04 bits per heavy atom. The van der Waals surface area contributed by atoms with Crippen LogP contribution in [0, 0.1) is 0 Å². The third-order valence-corrected chi connectivity index (χ3v) is 9.81. The van der Waals surface area contributed by atoms with Crippen molar-refractivity contribution in [1.82, 2.24) is 44.4 Å². The minimum Gasteiger partial charge on any atom is -0.484 e. The van der Waals surface area contributed by atoms with Crippen LogP contribution < -0.4 is 20.3 Å². The van der Waals surface area contributed by atoms with Crippen molar-refractivity contribution in [1.29, 1.82) is 0 Å². The number of rotatable bonds is 10. The number of aryl methyl sites for hydroxylation is 1. The van der Waals surface area contributed by atoms with Crippen molar-refractivity contribution in [3.05, 3.63) is 77.9 Å². The molecule has 1 saturated heterocycles. The van der Waals surface area contributed by atoms with Gasteiger partial charge in [0.05, 0.1) is 36.9 Å². The molecule has 3 N–H and O–H groups in total. The predicted molar refractivity (Wildman–Crippen MR) is 198 cm³/mol. The van der Waals surface area contributed by atoms with Gasteiger partial charge in [0.15, 0.2) is 5.65 Å². The lowest BCUT2D eigenvalue weighted by Gasteiger charge is -2.39. The van der Waals surface area contributed by atoms with Gasteiger partial charge in [-0.3, -0.25) is 19.2 Å². The van der Waals surface area contributed by atoms with Gasteiger partial charge in [-0.05, 0) is 89.7 Å². The summed E-state index contributed by atoms with van der Waals surface area (Å²) in [6, 6.07) is 14.4. The summed E-state index contributed by atoms with van der Waals surface area (Å²) in [6.45, 7) is 7.96. The maximum absolute atomic E-state index is 13.5. The predicted octanol–water partition coefficient (Wildman–Crippen LogP) is 5.48. The van der Waals surface area contributed by atoms with Crippen molar-refractivity contribution in [2.45, 2.75) is 90.1 Å². The molecule has 5 heterocycles. The molecule has 15 heteroatoms. The minimum absolute atomic E-state index is 0.153. The molecule has 15 nitrogen and oxygen atoms in total. The molecule has 1 aromatic carbocycles. The molecule has 0 radical (unpaired) electrons. The number of carboxylic acid groups (broad SMARTS) is 1. The van der Waals surface area contributed by atoms with Crippen molar-refractivity contribution in [3.63, 3.8) is 0 Å². The number of pyridine rings is 1. The van der Waals surface area contributed by atoms with E-state index in [0.717, 1.165) is 85.0 Å². The fourth-order valence-electron chi connectivity index (χ4n) is 7.19. The molecular weight excluding hydrogens is 662 g/mol. The first kappa shape index (κ1) is 36.4. The lowest BCUT2D eigenvalue weighted by Crippen LogP contribution is -2.44. The number of amides is 2. The Morgan fingerprint density at radius 2 is 1.79 bits per heavy atom. The van der Waals surface area contributed by atoms with Gasteiger partial charge in [-0.1, -0.05) is 31.2 Å². The summed E-state index contributed by atoms with van der Waals surface area (Å²) in [4.78, 5) is 26.4. The van der Waals surface area contributed by atoms with Gasteiger partial charge in [-0.2, -0.15) is 10.2 Å². The van der Waals surface area contributed by atoms with E-state index in [9.17, 15) is 4.79 Å². The van der Waals surface area contributed by atoms with Gasteiger partial charge < -0.3 is 25.0 Å². The smallest absolute Gasteiger partial charge is 0.320 e. The van der Waals surface area contributed by atoms with Gasteiger partial charge in [0.25, 0.3) is 6.47 Å². The van der Waals surface area contributed by atoms with E-state index < -0.39 is 0 Å². The number of urea groups is 1. The molecule has 0 saturated carbocycles. The maximum atomic E-state index is 13.5. The number of piperidine rings is 1. The molecule has 5 aromatic rings. The highest BCUT2D eigenvalue weighted by Crippen LogP contribution is 2.39. The van der Waals surface area contributed by atoms with Crippen LogP contribution in [0.2, 0.25) is 0 Å². The SMILES string of the molecule is CCc1cc(NC(=O)N[C@H]2CC[C@@H](Oc3ccc4nnc(N5[C@H](C)CCC[C@@H]5C)n4c3)c3ccccc32)n(-c2cnn(CCN(C)C)c2)n1.O=CO. The van der Waals surface area contributed by atoms with Crippen LogP contribution in [-0.2, 0) is 17.8 Å². The second kappa shape index (κ2) is 16.3.